The van der Waals surface area contributed by atoms with Crippen LogP contribution in [0.1, 0.15) is 63.8 Å². The van der Waals surface area contributed by atoms with E-state index in [1.54, 1.807) is 14.0 Å². The lowest BCUT2D eigenvalue weighted by molar-refractivity contribution is -0.148. The number of nitrogens with one attached hydrogen (secondary N) is 1. The summed E-state index contributed by atoms with van der Waals surface area (Å²) in [7, 11) is 5.33. The van der Waals surface area contributed by atoms with Crippen LogP contribution in [-0.4, -0.2) is 56.2 Å². The van der Waals surface area contributed by atoms with Crippen molar-refractivity contribution in [3.63, 3.8) is 0 Å². The van der Waals surface area contributed by atoms with Gasteiger partial charge < -0.3 is 19.2 Å². The molecular formula is C23H31N5O5. The van der Waals surface area contributed by atoms with Crippen molar-refractivity contribution in [3.8, 4) is 0 Å². The lowest BCUT2D eigenvalue weighted by atomic mass is 9.88. The zero-order valence-electron chi connectivity index (χ0n) is 20.0. The molecule has 0 aromatic carbocycles. The Balaban J connectivity index is 0.000000186. The van der Waals surface area contributed by atoms with Crippen molar-refractivity contribution in [2.75, 3.05) is 13.7 Å². The molecule has 0 bridgehead atoms. The number of hydrogen-bond donors (Lipinski definition) is 1. The molecule has 2 atom stereocenters. The Bertz CT molecular complexity index is 1110. The number of nitrogens with zero attached hydrogens (tertiary/aromatic N) is 4. The van der Waals surface area contributed by atoms with Gasteiger partial charge in [0.1, 0.15) is 23.0 Å². The zero-order chi connectivity index (χ0) is 24.4. The molecule has 4 rings (SSSR count). The fourth-order valence-corrected chi connectivity index (χ4v) is 4.29. The molecule has 1 amide bonds. The van der Waals surface area contributed by atoms with E-state index in [4.69, 9.17) is 4.74 Å². The van der Waals surface area contributed by atoms with E-state index in [1.807, 2.05) is 37.1 Å². The number of hydrogen-bond acceptors (Lipinski definition) is 7. The van der Waals surface area contributed by atoms with Gasteiger partial charge in [-0.3, -0.25) is 19.2 Å². The minimum Gasteiger partial charge on any atom is -0.466 e. The van der Waals surface area contributed by atoms with Gasteiger partial charge in [-0.05, 0) is 20.8 Å². The first-order valence-electron chi connectivity index (χ1n) is 11.1. The first-order chi connectivity index (χ1) is 15.6. The Hall–Kier alpha value is -3.30. The van der Waals surface area contributed by atoms with Crippen molar-refractivity contribution in [1.82, 2.24) is 24.4 Å². The highest BCUT2D eigenvalue weighted by Gasteiger charge is 2.34. The van der Waals surface area contributed by atoms with E-state index in [1.165, 1.54) is 0 Å². The minimum atomic E-state index is -0.357. The summed E-state index contributed by atoms with van der Waals surface area (Å²) in [5, 5.41) is 2.59. The number of rotatable bonds is 3. The molecule has 0 saturated heterocycles. The summed E-state index contributed by atoms with van der Waals surface area (Å²) in [5.74, 6) is 0.558. The lowest BCUT2D eigenvalue weighted by Crippen LogP contribution is -2.34. The van der Waals surface area contributed by atoms with E-state index in [0.717, 1.165) is 23.0 Å². The number of esters is 1. The van der Waals surface area contributed by atoms with Gasteiger partial charge in [0.2, 0.25) is 5.91 Å². The largest absolute Gasteiger partial charge is 0.466 e. The van der Waals surface area contributed by atoms with Crippen molar-refractivity contribution >= 4 is 23.4 Å². The quantitative estimate of drug-likeness (QED) is 0.688. The predicted molar refractivity (Wildman–Crippen MR) is 119 cm³/mol. The van der Waals surface area contributed by atoms with Gasteiger partial charge in [0.05, 0.1) is 18.4 Å². The molecule has 33 heavy (non-hydrogen) atoms. The maximum Gasteiger partial charge on any atom is 0.309 e. The van der Waals surface area contributed by atoms with Crippen LogP contribution in [-0.2, 0) is 41.3 Å². The maximum absolute atomic E-state index is 11.9. The Morgan fingerprint density at radius 2 is 1.36 bits per heavy atom. The number of carbonyl (C=O) groups is 4. The zero-order valence-corrected chi connectivity index (χ0v) is 20.0. The molecule has 10 nitrogen and oxygen atoms in total. The van der Waals surface area contributed by atoms with Gasteiger partial charge in [0, 0.05) is 58.2 Å². The molecule has 2 unspecified atom stereocenters. The molecule has 2 aliphatic carbocycles. The third kappa shape index (κ3) is 4.74. The fourth-order valence-electron chi connectivity index (χ4n) is 4.29. The molecule has 178 valence electrons. The van der Waals surface area contributed by atoms with E-state index < -0.39 is 0 Å². The number of Topliss-reactive ketones (excluding diaryl/α,β-unsaturated/α-hetero) is 2. The Kier molecular flexibility index (Phi) is 7.14. The van der Waals surface area contributed by atoms with Gasteiger partial charge in [-0.1, -0.05) is 0 Å². The molecule has 0 spiro atoms. The van der Waals surface area contributed by atoms with E-state index in [2.05, 4.69) is 15.3 Å². The second kappa shape index (κ2) is 9.68. The summed E-state index contributed by atoms with van der Waals surface area (Å²) >= 11 is 0. The highest BCUT2D eigenvalue weighted by Crippen LogP contribution is 2.27. The number of ketones is 2. The number of fused-ring (bicyclic) bond motifs is 2. The molecular weight excluding hydrogens is 426 g/mol. The van der Waals surface area contributed by atoms with Gasteiger partial charge in [-0.25, -0.2) is 9.97 Å². The standard InChI is InChI=1S/C12H16N2O3.C11H15N3O2/c1-4-17-12(16)8-5-9-11(10(15)6-8)13-7(2)14(9)3;1-6-13-10-8(14(6)3)4-7(5-9(10)15)11(16)12-2/h8H,4-6H2,1-3H3;7H,4-5H2,1-3H3,(H,12,16). The highest BCUT2D eigenvalue weighted by atomic mass is 16.5. The van der Waals surface area contributed by atoms with E-state index in [-0.39, 0.29) is 48.1 Å². The second-order valence-electron chi connectivity index (χ2n) is 8.45. The van der Waals surface area contributed by atoms with Crippen LogP contribution >= 0.6 is 0 Å². The van der Waals surface area contributed by atoms with E-state index >= 15 is 0 Å². The number of aromatic nitrogens is 4. The molecule has 0 saturated carbocycles. The molecule has 0 fully saturated rings. The molecule has 2 aromatic rings. The van der Waals surface area contributed by atoms with Crippen LogP contribution in [0.25, 0.3) is 0 Å². The summed E-state index contributed by atoms with van der Waals surface area (Å²) in [4.78, 5) is 55.4. The number of aryl methyl sites for hydroxylation is 2. The second-order valence-corrected chi connectivity index (χ2v) is 8.45. The topological polar surface area (TPSA) is 125 Å². The lowest BCUT2D eigenvalue weighted by Gasteiger charge is -2.20. The average molecular weight is 458 g/mol. The molecule has 0 radical (unpaired) electrons. The van der Waals surface area contributed by atoms with Crippen molar-refractivity contribution in [1.29, 1.82) is 0 Å². The monoisotopic (exact) mass is 457 g/mol. The van der Waals surface area contributed by atoms with Crippen LogP contribution in [0.2, 0.25) is 0 Å². The third-order valence-electron chi connectivity index (χ3n) is 6.38. The van der Waals surface area contributed by atoms with Crippen molar-refractivity contribution in [3.05, 3.63) is 34.4 Å². The minimum absolute atomic E-state index is 0.0291. The van der Waals surface area contributed by atoms with Crippen LogP contribution in [0.5, 0.6) is 0 Å². The van der Waals surface area contributed by atoms with Crippen LogP contribution in [0.15, 0.2) is 0 Å². The normalized spacial score (nSPS) is 19.2. The van der Waals surface area contributed by atoms with Crippen LogP contribution < -0.4 is 5.32 Å². The molecule has 10 heteroatoms. The molecule has 2 aliphatic rings. The summed E-state index contributed by atoms with van der Waals surface area (Å²) in [6.45, 7) is 5.83. The van der Waals surface area contributed by atoms with Gasteiger partial charge in [0.25, 0.3) is 0 Å². The van der Waals surface area contributed by atoms with Crippen molar-refractivity contribution in [2.24, 2.45) is 25.9 Å². The first kappa shape index (κ1) is 24.3. The molecule has 2 aromatic heterocycles. The smallest absolute Gasteiger partial charge is 0.309 e. The first-order valence-corrected chi connectivity index (χ1v) is 11.1. The van der Waals surface area contributed by atoms with Crippen LogP contribution in [0.4, 0.5) is 0 Å². The van der Waals surface area contributed by atoms with E-state index in [9.17, 15) is 19.2 Å². The summed E-state index contributed by atoms with van der Waals surface area (Å²) < 4.78 is 8.74. The number of imidazole rings is 2. The van der Waals surface area contributed by atoms with Crippen molar-refractivity contribution < 1.29 is 23.9 Å². The number of amides is 1. The summed E-state index contributed by atoms with van der Waals surface area (Å²) in [6.07, 6.45) is 1.61. The third-order valence-corrected chi connectivity index (χ3v) is 6.38. The van der Waals surface area contributed by atoms with Crippen molar-refractivity contribution in [2.45, 2.75) is 46.5 Å². The molecule has 2 heterocycles. The molecule has 0 aliphatic heterocycles. The van der Waals surface area contributed by atoms with Gasteiger partial charge in [0.15, 0.2) is 11.6 Å². The Morgan fingerprint density at radius 1 is 0.909 bits per heavy atom. The predicted octanol–water partition coefficient (Wildman–Crippen LogP) is 1.26. The summed E-state index contributed by atoms with van der Waals surface area (Å²) in [6, 6.07) is 0. The van der Waals surface area contributed by atoms with Gasteiger partial charge in [-0.15, -0.1) is 0 Å². The van der Waals surface area contributed by atoms with E-state index in [0.29, 0.717) is 30.8 Å². The SMILES string of the molecule is CCOC(=O)C1CC(=O)c2nc(C)n(C)c2C1.CNC(=O)C1CC(=O)c2nc(C)n(C)c2C1. The Labute approximate surface area is 192 Å². The number of ether oxygens (including phenoxy) is 1. The van der Waals surface area contributed by atoms with Crippen LogP contribution in [0, 0.1) is 25.7 Å². The average Bonchev–Trinajstić information content (AvgIpc) is 3.24. The van der Waals surface area contributed by atoms with Gasteiger partial charge >= 0.3 is 5.97 Å². The Morgan fingerprint density at radius 3 is 1.82 bits per heavy atom. The van der Waals surface area contributed by atoms with Gasteiger partial charge in [-0.2, -0.15) is 0 Å². The summed E-state index contributed by atoms with van der Waals surface area (Å²) in [5.41, 5.74) is 2.78. The number of carbonyl (C=O) groups excluding carboxylic acids is 4. The van der Waals surface area contributed by atoms with Crippen LogP contribution in [0.3, 0.4) is 0 Å². The molecule has 1 N–H and O–H groups in total. The maximum atomic E-state index is 11.9. The highest BCUT2D eigenvalue weighted by molar-refractivity contribution is 6.00. The fraction of sp³-hybridized carbons (Fsp3) is 0.565.